The topological polar surface area (TPSA) is 86.4 Å². The number of nitrogens with one attached hydrogen (secondary N) is 1. The van der Waals surface area contributed by atoms with Gasteiger partial charge < -0.3 is 4.90 Å². The van der Waals surface area contributed by atoms with E-state index >= 15 is 0 Å². The van der Waals surface area contributed by atoms with Crippen molar-refractivity contribution in [3.63, 3.8) is 0 Å². The van der Waals surface area contributed by atoms with Crippen LogP contribution in [0.1, 0.15) is 5.69 Å². The molecule has 8 heteroatoms. The number of H-pyrrole nitrogens is 1. The van der Waals surface area contributed by atoms with E-state index in [0.29, 0.717) is 18.8 Å². The number of aromatic nitrogens is 2. The maximum absolute atomic E-state index is 12.2. The maximum atomic E-state index is 12.2. The lowest BCUT2D eigenvalue weighted by atomic mass is 10.4. The second kappa shape index (κ2) is 4.11. The molecule has 0 aliphatic carbocycles. The van der Waals surface area contributed by atoms with Gasteiger partial charge >= 0.3 is 0 Å². The van der Waals surface area contributed by atoms with Crippen molar-refractivity contribution in [2.45, 2.75) is 11.8 Å². The van der Waals surface area contributed by atoms with Gasteiger partial charge in [0.2, 0.25) is 15.9 Å². The lowest BCUT2D eigenvalue weighted by Crippen LogP contribution is -2.50. The van der Waals surface area contributed by atoms with Gasteiger partial charge in [0.25, 0.3) is 0 Å². The summed E-state index contributed by atoms with van der Waals surface area (Å²) >= 11 is 0. The molecule has 0 spiro atoms. The van der Waals surface area contributed by atoms with Crippen molar-refractivity contribution >= 4 is 15.9 Å². The van der Waals surface area contributed by atoms with Crippen LogP contribution in [-0.4, -0.2) is 60.4 Å². The van der Waals surface area contributed by atoms with Gasteiger partial charge in [0.05, 0.1) is 18.4 Å². The van der Waals surface area contributed by atoms with Gasteiger partial charge in [0, 0.05) is 20.1 Å². The van der Waals surface area contributed by atoms with Gasteiger partial charge in [0.15, 0.2) is 0 Å². The van der Waals surface area contributed by atoms with Gasteiger partial charge in [0.1, 0.15) is 4.90 Å². The van der Waals surface area contributed by atoms with Crippen LogP contribution in [0.4, 0.5) is 0 Å². The molecule has 1 N–H and O–H groups in total. The summed E-state index contributed by atoms with van der Waals surface area (Å²) in [5.41, 5.74) is 0.483. The molecule has 1 aliphatic rings. The summed E-state index contributed by atoms with van der Waals surface area (Å²) in [4.78, 5) is 13.2. The first-order valence-corrected chi connectivity index (χ1v) is 6.61. The van der Waals surface area contributed by atoms with E-state index in [1.807, 2.05) is 0 Å². The number of sulfonamides is 1. The molecule has 0 radical (unpaired) electrons. The molecule has 1 fully saturated rings. The third-order valence-electron chi connectivity index (χ3n) is 2.82. The van der Waals surface area contributed by atoms with E-state index in [4.69, 9.17) is 0 Å². The van der Waals surface area contributed by atoms with Gasteiger partial charge in [-0.1, -0.05) is 0 Å². The van der Waals surface area contributed by atoms with Crippen molar-refractivity contribution < 1.29 is 13.2 Å². The molecular formula is C9H14N4O3S. The molecule has 94 valence electrons. The molecule has 7 nitrogen and oxygen atoms in total. The van der Waals surface area contributed by atoms with Gasteiger partial charge in [-0.15, -0.1) is 0 Å². The van der Waals surface area contributed by atoms with E-state index in [-0.39, 0.29) is 17.3 Å². The standard InChI is InChI=1S/C9H14N4O3S/c1-7-8(5-10-11-7)17(15,16)13-4-3-12(2)9(14)6-13/h5H,3-4,6H2,1-2H3,(H,10,11). The molecule has 1 aromatic rings. The Labute approximate surface area is 99.5 Å². The van der Waals surface area contributed by atoms with E-state index in [1.165, 1.54) is 15.4 Å². The molecule has 17 heavy (non-hydrogen) atoms. The number of hydrogen-bond acceptors (Lipinski definition) is 4. The molecule has 0 bridgehead atoms. The highest BCUT2D eigenvalue weighted by atomic mass is 32.2. The van der Waals surface area contributed by atoms with E-state index in [0.717, 1.165) is 0 Å². The monoisotopic (exact) mass is 258 g/mol. The van der Waals surface area contributed by atoms with Gasteiger partial charge in [-0.3, -0.25) is 9.89 Å². The van der Waals surface area contributed by atoms with E-state index < -0.39 is 10.0 Å². The first-order valence-electron chi connectivity index (χ1n) is 5.17. The van der Waals surface area contributed by atoms with Crippen molar-refractivity contribution in [1.82, 2.24) is 19.4 Å². The van der Waals surface area contributed by atoms with Crippen LogP contribution in [0.25, 0.3) is 0 Å². The Balaban J connectivity index is 2.29. The van der Waals surface area contributed by atoms with Crippen molar-refractivity contribution in [2.24, 2.45) is 0 Å². The highest BCUT2D eigenvalue weighted by molar-refractivity contribution is 7.89. The lowest BCUT2D eigenvalue weighted by Gasteiger charge is -2.30. The minimum absolute atomic E-state index is 0.108. The van der Waals surface area contributed by atoms with Crippen LogP contribution in [0.5, 0.6) is 0 Å². The van der Waals surface area contributed by atoms with E-state index in [1.54, 1.807) is 14.0 Å². The van der Waals surface area contributed by atoms with Crippen molar-refractivity contribution in [3.05, 3.63) is 11.9 Å². The van der Waals surface area contributed by atoms with Crippen LogP contribution in [0.15, 0.2) is 11.1 Å². The molecule has 1 aromatic heterocycles. The molecule has 1 amide bonds. The predicted molar refractivity (Wildman–Crippen MR) is 59.7 cm³/mol. The summed E-state index contributed by atoms with van der Waals surface area (Å²) in [7, 11) is -1.95. The first kappa shape index (κ1) is 12.1. The number of nitrogens with zero attached hydrogens (tertiary/aromatic N) is 3. The van der Waals surface area contributed by atoms with Crippen LogP contribution in [0.3, 0.4) is 0 Å². The molecular weight excluding hydrogens is 244 g/mol. The lowest BCUT2D eigenvalue weighted by molar-refractivity contribution is -0.132. The third-order valence-corrected chi connectivity index (χ3v) is 4.78. The zero-order valence-corrected chi connectivity index (χ0v) is 10.5. The number of hydrogen-bond donors (Lipinski definition) is 1. The molecule has 0 atom stereocenters. The summed E-state index contributed by atoms with van der Waals surface area (Å²) in [6.45, 7) is 2.26. The van der Waals surface area contributed by atoms with Crippen LogP contribution < -0.4 is 0 Å². The Kier molecular flexibility index (Phi) is 2.92. The first-order chi connectivity index (χ1) is 7.93. The fourth-order valence-electron chi connectivity index (χ4n) is 1.68. The Morgan fingerprint density at radius 2 is 2.12 bits per heavy atom. The SMILES string of the molecule is Cc1[nH]ncc1S(=O)(=O)N1CCN(C)C(=O)C1. The molecule has 2 rings (SSSR count). The summed E-state index contributed by atoms with van der Waals surface area (Å²) < 4.78 is 25.6. The number of amides is 1. The summed E-state index contributed by atoms with van der Waals surface area (Å²) in [5.74, 6) is -0.194. The van der Waals surface area contributed by atoms with Crippen molar-refractivity contribution in [3.8, 4) is 0 Å². The van der Waals surface area contributed by atoms with Gasteiger partial charge in [-0.25, -0.2) is 8.42 Å². The smallest absolute Gasteiger partial charge is 0.246 e. The molecule has 2 heterocycles. The average Bonchev–Trinajstić information content (AvgIpc) is 2.69. The largest absolute Gasteiger partial charge is 0.343 e. The maximum Gasteiger partial charge on any atom is 0.246 e. The molecule has 0 aromatic carbocycles. The van der Waals surface area contributed by atoms with Crippen LogP contribution in [0.2, 0.25) is 0 Å². The highest BCUT2D eigenvalue weighted by Gasteiger charge is 2.32. The summed E-state index contributed by atoms with van der Waals surface area (Å²) in [5, 5.41) is 6.27. The number of carbonyl (C=O) groups is 1. The Bertz CT molecular complexity index is 536. The second-order valence-electron chi connectivity index (χ2n) is 4.01. The minimum Gasteiger partial charge on any atom is -0.343 e. The third kappa shape index (κ3) is 2.05. The zero-order chi connectivity index (χ0) is 12.6. The molecule has 1 saturated heterocycles. The molecule has 0 unspecified atom stereocenters. The highest BCUT2D eigenvalue weighted by Crippen LogP contribution is 2.19. The van der Waals surface area contributed by atoms with Gasteiger partial charge in [-0.2, -0.15) is 9.40 Å². The van der Waals surface area contributed by atoms with E-state index in [2.05, 4.69) is 10.2 Å². The zero-order valence-electron chi connectivity index (χ0n) is 9.67. The summed E-state index contributed by atoms with van der Waals surface area (Å²) in [6, 6.07) is 0. The average molecular weight is 258 g/mol. The Morgan fingerprint density at radius 1 is 1.41 bits per heavy atom. The fourth-order valence-corrected chi connectivity index (χ4v) is 3.18. The quantitative estimate of drug-likeness (QED) is 0.751. The van der Waals surface area contributed by atoms with Gasteiger partial charge in [-0.05, 0) is 6.92 Å². The number of likely N-dealkylation sites (N-methyl/N-ethyl adjacent to an activating group) is 1. The number of aryl methyl sites for hydroxylation is 1. The molecule has 1 aliphatic heterocycles. The Hall–Kier alpha value is -1.41. The van der Waals surface area contributed by atoms with Crippen LogP contribution >= 0.6 is 0 Å². The van der Waals surface area contributed by atoms with E-state index in [9.17, 15) is 13.2 Å². The molecule has 0 saturated carbocycles. The van der Waals surface area contributed by atoms with Crippen LogP contribution in [-0.2, 0) is 14.8 Å². The number of rotatable bonds is 2. The fraction of sp³-hybridized carbons (Fsp3) is 0.556. The number of aromatic amines is 1. The van der Waals surface area contributed by atoms with Crippen LogP contribution in [0, 0.1) is 6.92 Å². The van der Waals surface area contributed by atoms with Crippen molar-refractivity contribution in [1.29, 1.82) is 0 Å². The number of piperazine rings is 1. The normalized spacial score (nSPS) is 18.7. The predicted octanol–water partition coefficient (Wildman–Crippen LogP) is -0.819. The number of carbonyl (C=O) groups excluding carboxylic acids is 1. The summed E-state index contributed by atoms with van der Waals surface area (Å²) in [6.07, 6.45) is 1.27. The Morgan fingerprint density at radius 3 is 2.65 bits per heavy atom. The minimum atomic E-state index is -3.61. The van der Waals surface area contributed by atoms with Crippen molar-refractivity contribution in [2.75, 3.05) is 26.7 Å². The second-order valence-corrected chi connectivity index (χ2v) is 5.92.